The number of benzene rings is 4. The molecule has 0 N–H and O–H groups in total. The normalized spacial score (nSPS) is 12.6. The monoisotopic (exact) mass is 548 g/mol. The first-order chi connectivity index (χ1) is 18.8. The molecule has 0 heterocycles. The van der Waals surface area contributed by atoms with Crippen LogP contribution in [0.1, 0.15) is 36.1 Å². The summed E-state index contributed by atoms with van der Waals surface area (Å²) in [4.78, 5) is 26.8. The molecule has 2 aliphatic carbocycles. The Kier molecular flexibility index (Phi) is 6.25. The van der Waals surface area contributed by atoms with Crippen LogP contribution in [0.3, 0.4) is 0 Å². The minimum absolute atomic E-state index is 0.253. The quantitative estimate of drug-likeness (QED) is 0.189. The van der Waals surface area contributed by atoms with Crippen LogP contribution in [0.4, 0.5) is 0 Å². The molecule has 0 amide bonds. The molecule has 0 radical (unpaired) electrons. The van der Waals surface area contributed by atoms with E-state index in [1.54, 1.807) is 13.8 Å². The average Bonchev–Trinajstić information content (AvgIpc) is 3.50. The molecular weight excluding hydrogens is 520 g/mol. The topological polar surface area (TPSA) is 52.6 Å². The summed E-state index contributed by atoms with van der Waals surface area (Å²) >= 11 is -4.77. The van der Waals surface area contributed by atoms with Gasteiger partial charge in [-0.15, -0.1) is 0 Å². The van der Waals surface area contributed by atoms with Gasteiger partial charge < -0.3 is 0 Å². The predicted molar refractivity (Wildman–Crippen MR) is 150 cm³/mol. The van der Waals surface area contributed by atoms with Gasteiger partial charge in [0.15, 0.2) is 0 Å². The van der Waals surface area contributed by atoms with E-state index < -0.39 is 29.3 Å². The first-order valence-corrected chi connectivity index (χ1v) is 15.8. The molecule has 0 aliphatic heterocycles. The van der Waals surface area contributed by atoms with Crippen molar-refractivity contribution in [3.05, 3.63) is 131 Å². The predicted octanol–water partition coefficient (Wildman–Crippen LogP) is 6.00. The van der Waals surface area contributed by atoms with Crippen LogP contribution in [0.2, 0.25) is 0 Å². The van der Waals surface area contributed by atoms with E-state index in [9.17, 15) is 9.59 Å². The Bertz CT molecular complexity index is 1590. The molecule has 4 aromatic rings. The number of hydrogen-bond donors (Lipinski definition) is 0. The molecule has 0 saturated carbocycles. The van der Waals surface area contributed by atoms with Crippen LogP contribution in [0.15, 0.2) is 109 Å². The number of carbonyl (C=O) groups is 2. The van der Waals surface area contributed by atoms with Crippen molar-refractivity contribution in [3.8, 4) is 22.3 Å². The number of carbonyl (C=O) groups excluding carboxylic acids is 2. The zero-order valence-electron chi connectivity index (χ0n) is 22.0. The molecule has 0 atom stereocenters. The molecule has 5 heteroatoms. The number of hydrogen-bond acceptors (Lipinski definition) is 4. The van der Waals surface area contributed by atoms with Crippen molar-refractivity contribution in [2.45, 2.75) is 26.7 Å². The van der Waals surface area contributed by atoms with Gasteiger partial charge >= 0.3 is 234 Å². The average molecular weight is 548 g/mol. The van der Waals surface area contributed by atoms with Gasteiger partial charge in [-0.05, 0) is 0 Å². The van der Waals surface area contributed by atoms with Gasteiger partial charge in [0.2, 0.25) is 0 Å². The molecular formula is C34H28O4Ti. The number of rotatable bonds is 6. The maximum atomic E-state index is 13.4. The van der Waals surface area contributed by atoms with E-state index in [1.807, 2.05) is 48.5 Å². The van der Waals surface area contributed by atoms with E-state index in [0.29, 0.717) is 12.8 Å². The molecule has 192 valence electrons. The third-order valence-corrected chi connectivity index (χ3v) is 12.7. The van der Waals surface area contributed by atoms with Crippen molar-refractivity contribution in [1.29, 1.82) is 0 Å². The van der Waals surface area contributed by atoms with Gasteiger partial charge in [-0.2, -0.15) is 0 Å². The summed E-state index contributed by atoms with van der Waals surface area (Å²) in [5, 5.41) is 0. The second-order valence-corrected chi connectivity index (χ2v) is 14.5. The molecule has 39 heavy (non-hydrogen) atoms. The van der Waals surface area contributed by atoms with Crippen molar-refractivity contribution in [3.63, 3.8) is 0 Å². The summed E-state index contributed by atoms with van der Waals surface area (Å²) in [7, 11) is 0. The zero-order chi connectivity index (χ0) is 27.3. The molecule has 0 fully saturated rings. The standard InChI is InChI=1S/2C13H9.2C4H6O2.Ti/c2*1-3-7-12-10(5-1)9-11-6-2-4-8-13(11)12;2*1-3(2)4(5)6;/h2*1-5,7-8H,9H2;2*1H2,2H3,(H,5,6);/q;;;;+2/p-2. The summed E-state index contributed by atoms with van der Waals surface area (Å²) in [5.74, 6) is -1.13. The summed E-state index contributed by atoms with van der Waals surface area (Å²) < 4.78 is 14.6. The van der Waals surface area contributed by atoms with Crippen LogP contribution in [0, 0.1) is 0 Å². The second kappa shape index (κ2) is 9.64. The Hall–Kier alpha value is -3.99. The first kappa shape index (κ1) is 25.3. The van der Waals surface area contributed by atoms with Gasteiger partial charge in [0, 0.05) is 0 Å². The van der Waals surface area contributed by atoms with E-state index in [0.717, 1.165) is 41.1 Å². The summed E-state index contributed by atoms with van der Waals surface area (Å²) in [5.41, 5.74) is 9.41. The zero-order valence-corrected chi connectivity index (χ0v) is 23.6. The Balaban J connectivity index is 1.66. The molecule has 0 aromatic heterocycles. The van der Waals surface area contributed by atoms with E-state index >= 15 is 0 Å². The molecule has 0 saturated heterocycles. The van der Waals surface area contributed by atoms with Crippen molar-refractivity contribution < 1.29 is 33.6 Å². The molecule has 2 aliphatic rings. The Labute approximate surface area is 232 Å². The van der Waals surface area contributed by atoms with Crippen molar-refractivity contribution in [1.82, 2.24) is 0 Å². The SMILES string of the molecule is C=C(C)C(=O)[O][Ti]([O]C(=O)C(=C)C)([c]1cccc2c1Cc1ccccc1-2)[c]1cccc2c1Cc1ccccc1-2. The van der Waals surface area contributed by atoms with E-state index in [-0.39, 0.29) is 11.1 Å². The minimum atomic E-state index is -4.77. The third-order valence-electron chi connectivity index (χ3n) is 7.58. The molecule has 0 unspecified atom stereocenters. The van der Waals surface area contributed by atoms with Gasteiger partial charge in [0.1, 0.15) is 0 Å². The summed E-state index contributed by atoms with van der Waals surface area (Å²) in [6.45, 7) is 10.9. The van der Waals surface area contributed by atoms with Gasteiger partial charge in [-0.1, -0.05) is 0 Å². The van der Waals surface area contributed by atoms with Crippen LogP contribution >= 0.6 is 0 Å². The van der Waals surface area contributed by atoms with Crippen LogP contribution in [-0.4, -0.2) is 11.9 Å². The van der Waals surface area contributed by atoms with E-state index in [4.69, 9.17) is 6.64 Å². The second-order valence-electron chi connectivity index (χ2n) is 10.3. The van der Waals surface area contributed by atoms with Crippen LogP contribution in [0.5, 0.6) is 0 Å². The Morgan fingerprint density at radius 1 is 0.590 bits per heavy atom. The summed E-state index contributed by atoms with van der Waals surface area (Å²) in [6.07, 6.45) is 1.33. The maximum absolute atomic E-state index is 13.4. The van der Waals surface area contributed by atoms with Crippen LogP contribution in [-0.2, 0) is 46.4 Å². The molecule has 6 rings (SSSR count). The Morgan fingerprint density at radius 2 is 0.974 bits per heavy atom. The fourth-order valence-corrected chi connectivity index (χ4v) is 11.2. The molecule has 0 spiro atoms. The van der Waals surface area contributed by atoms with Gasteiger partial charge in [0.25, 0.3) is 0 Å². The van der Waals surface area contributed by atoms with Crippen LogP contribution in [0.25, 0.3) is 22.3 Å². The first-order valence-electron chi connectivity index (χ1n) is 13.0. The van der Waals surface area contributed by atoms with Gasteiger partial charge in [0.05, 0.1) is 0 Å². The fourth-order valence-electron chi connectivity index (χ4n) is 5.75. The molecule has 0 bridgehead atoms. The van der Waals surface area contributed by atoms with Crippen LogP contribution < -0.4 is 7.74 Å². The van der Waals surface area contributed by atoms with Gasteiger partial charge in [-0.25, -0.2) is 0 Å². The van der Waals surface area contributed by atoms with Crippen molar-refractivity contribution in [2.75, 3.05) is 0 Å². The van der Waals surface area contributed by atoms with Gasteiger partial charge in [-0.3, -0.25) is 0 Å². The summed E-state index contributed by atoms with van der Waals surface area (Å²) in [6, 6.07) is 28.6. The van der Waals surface area contributed by atoms with Crippen molar-refractivity contribution in [2.24, 2.45) is 0 Å². The molecule has 4 aromatic carbocycles. The van der Waals surface area contributed by atoms with E-state index in [1.165, 1.54) is 11.1 Å². The third kappa shape index (κ3) is 4.12. The van der Waals surface area contributed by atoms with E-state index in [2.05, 4.69) is 49.6 Å². The molecule has 4 nitrogen and oxygen atoms in total. The Morgan fingerprint density at radius 3 is 1.38 bits per heavy atom. The number of fused-ring (bicyclic) bond motifs is 6. The van der Waals surface area contributed by atoms with Crippen molar-refractivity contribution >= 4 is 19.7 Å². The fraction of sp³-hybridized carbons (Fsp3) is 0.118.